The van der Waals surface area contributed by atoms with Crippen molar-refractivity contribution in [3.8, 4) is 5.75 Å². The lowest BCUT2D eigenvalue weighted by atomic mass is 10.1. The Balaban J connectivity index is 1.38. The third-order valence-corrected chi connectivity index (χ3v) is 4.65. The van der Waals surface area contributed by atoms with Crippen LogP contribution in [-0.4, -0.2) is 62.2 Å². The molecule has 2 heterocycles. The van der Waals surface area contributed by atoms with E-state index in [1.165, 1.54) is 0 Å². The van der Waals surface area contributed by atoms with Crippen molar-refractivity contribution in [1.82, 2.24) is 15.2 Å². The van der Waals surface area contributed by atoms with Gasteiger partial charge in [0.1, 0.15) is 11.6 Å². The number of amides is 1. The van der Waals surface area contributed by atoms with Gasteiger partial charge in [-0.2, -0.15) is 0 Å². The minimum absolute atomic E-state index is 0.158. The van der Waals surface area contributed by atoms with Crippen molar-refractivity contribution in [3.05, 3.63) is 54.2 Å². The normalized spacial score (nSPS) is 14.3. The number of hydrogen-bond donors (Lipinski definition) is 1. The molecule has 0 radical (unpaired) electrons. The quantitative estimate of drug-likeness (QED) is 0.765. The Morgan fingerprint density at radius 2 is 1.88 bits per heavy atom. The summed E-state index contributed by atoms with van der Waals surface area (Å²) in [6.07, 6.45) is 2.64. The molecule has 0 bridgehead atoms. The molecule has 0 atom stereocenters. The summed E-state index contributed by atoms with van der Waals surface area (Å²) in [4.78, 5) is 20.9. The number of piperazine rings is 1. The Kier molecular flexibility index (Phi) is 6.44. The molecule has 0 saturated carbocycles. The zero-order valence-electron chi connectivity index (χ0n) is 15.2. The number of pyridine rings is 1. The fourth-order valence-corrected chi connectivity index (χ4v) is 3.17. The minimum Gasteiger partial charge on any atom is -0.496 e. The SMILES string of the molecule is COc1ccccc1CCNCC(=O)N1CCN(c2ccccn2)CC1. The Bertz CT molecular complexity index is 700. The standard InChI is InChI=1S/C20H26N4O2/c1-26-18-7-3-2-6-17(18)9-11-21-16-20(25)24-14-12-23(13-15-24)19-8-4-5-10-22-19/h2-8,10,21H,9,11-16H2,1H3. The number of ether oxygens (including phenoxy) is 1. The first kappa shape index (κ1) is 18.2. The van der Waals surface area contributed by atoms with Crippen LogP contribution in [0.15, 0.2) is 48.7 Å². The molecule has 1 aliphatic rings. The van der Waals surface area contributed by atoms with E-state index in [0.29, 0.717) is 6.54 Å². The summed E-state index contributed by atoms with van der Waals surface area (Å²) < 4.78 is 5.35. The van der Waals surface area contributed by atoms with Crippen molar-refractivity contribution in [1.29, 1.82) is 0 Å². The summed E-state index contributed by atoms with van der Waals surface area (Å²) in [6.45, 7) is 4.25. The lowest BCUT2D eigenvalue weighted by Crippen LogP contribution is -2.51. The molecule has 3 rings (SSSR count). The second-order valence-electron chi connectivity index (χ2n) is 6.29. The highest BCUT2D eigenvalue weighted by Crippen LogP contribution is 2.17. The van der Waals surface area contributed by atoms with Gasteiger partial charge in [-0.1, -0.05) is 24.3 Å². The van der Waals surface area contributed by atoms with Gasteiger partial charge in [-0.15, -0.1) is 0 Å². The van der Waals surface area contributed by atoms with E-state index in [1.807, 2.05) is 41.3 Å². The Morgan fingerprint density at radius 1 is 1.12 bits per heavy atom. The van der Waals surface area contributed by atoms with Crippen LogP contribution in [0.25, 0.3) is 0 Å². The smallest absolute Gasteiger partial charge is 0.236 e. The third kappa shape index (κ3) is 4.73. The van der Waals surface area contributed by atoms with E-state index in [4.69, 9.17) is 4.74 Å². The fraction of sp³-hybridized carbons (Fsp3) is 0.400. The lowest BCUT2D eigenvalue weighted by molar-refractivity contribution is -0.130. The number of carbonyl (C=O) groups excluding carboxylic acids is 1. The highest BCUT2D eigenvalue weighted by Gasteiger charge is 2.21. The van der Waals surface area contributed by atoms with Crippen LogP contribution in [0.3, 0.4) is 0 Å². The van der Waals surface area contributed by atoms with Crippen LogP contribution in [0.2, 0.25) is 0 Å². The van der Waals surface area contributed by atoms with E-state index in [0.717, 1.165) is 56.3 Å². The predicted octanol–water partition coefficient (Wildman–Crippen LogP) is 1.57. The van der Waals surface area contributed by atoms with Gasteiger partial charge in [0.2, 0.25) is 5.91 Å². The van der Waals surface area contributed by atoms with E-state index in [1.54, 1.807) is 13.3 Å². The van der Waals surface area contributed by atoms with Gasteiger partial charge in [-0.3, -0.25) is 4.79 Å². The van der Waals surface area contributed by atoms with Crippen LogP contribution in [-0.2, 0) is 11.2 Å². The van der Waals surface area contributed by atoms with Crippen molar-refractivity contribution in [2.24, 2.45) is 0 Å². The molecular weight excluding hydrogens is 328 g/mol. The maximum Gasteiger partial charge on any atom is 0.236 e. The second kappa shape index (κ2) is 9.20. The van der Waals surface area contributed by atoms with Crippen LogP contribution in [0.5, 0.6) is 5.75 Å². The molecule has 1 fully saturated rings. The van der Waals surface area contributed by atoms with Gasteiger partial charge in [0.25, 0.3) is 0 Å². The van der Waals surface area contributed by atoms with Gasteiger partial charge < -0.3 is 19.9 Å². The molecule has 1 saturated heterocycles. The molecule has 0 spiro atoms. The monoisotopic (exact) mass is 354 g/mol. The summed E-state index contributed by atoms with van der Waals surface area (Å²) >= 11 is 0. The molecule has 1 aliphatic heterocycles. The van der Waals surface area contributed by atoms with Gasteiger partial charge in [-0.05, 0) is 36.7 Å². The minimum atomic E-state index is 0.158. The number of nitrogens with one attached hydrogen (secondary N) is 1. The van der Waals surface area contributed by atoms with Crippen LogP contribution >= 0.6 is 0 Å². The van der Waals surface area contributed by atoms with E-state index >= 15 is 0 Å². The second-order valence-corrected chi connectivity index (χ2v) is 6.29. The molecule has 1 amide bonds. The molecule has 1 aromatic heterocycles. The van der Waals surface area contributed by atoms with Gasteiger partial charge in [0.15, 0.2) is 0 Å². The highest BCUT2D eigenvalue weighted by atomic mass is 16.5. The van der Waals surface area contributed by atoms with E-state index in [2.05, 4.69) is 21.3 Å². The van der Waals surface area contributed by atoms with Crippen molar-refractivity contribution in [2.45, 2.75) is 6.42 Å². The first-order valence-electron chi connectivity index (χ1n) is 9.04. The molecule has 26 heavy (non-hydrogen) atoms. The van der Waals surface area contributed by atoms with Crippen molar-refractivity contribution >= 4 is 11.7 Å². The Hall–Kier alpha value is -2.60. The van der Waals surface area contributed by atoms with Crippen LogP contribution in [0.4, 0.5) is 5.82 Å². The first-order chi connectivity index (χ1) is 12.8. The summed E-state index contributed by atoms with van der Waals surface area (Å²) in [6, 6.07) is 13.9. The predicted molar refractivity (Wildman–Crippen MR) is 103 cm³/mol. The Morgan fingerprint density at radius 3 is 2.62 bits per heavy atom. The highest BCUT2D eigenvalue weighted by molar-refractivity contribution is 5.78. The molecule has 1 N–H and O–H groups in total. The summed E-state index contributed by atoms with van der Waals surface area (Å²) in [5.74, 6) is 2.03. The number of methoxy groups -OCH3 is 1. The van der Waals surface area contributed by atoms with Gasteiger partial charge in [-0.25, -0.2) is 4.98 Å². The molecule has 1 aromatic carbocycles. The zero-order valence-corrected chi connectivity index (χ0v) is 15.2. The molecule has 2 aromatic rings. The lowest BCUT2D eigenvalue weighted by Gasteiger charge is -2.35. The van der Waals surface area contributed by atoms with E-state index < -0.39 is 0 Å². The zero-order chi connectivity index (χ0) is 18.2. The van der Waals surface area contributed by atoms with Gasteiger partial charge in [0, 0.05) is 32.4 Å². The number of aromatic nitrogens is 1. The van der Waals surface area contributed by atoms with Crippen LogP contribution in [0, 0.1) is 0 Å². The van der Waals surface area contributed by atoms with Gasteiger partial charge >= 0.3 is 0 Å². The molecule has 6 nitrogen and oxygen atoms in total. The average molecular weight is 354 g/mol. The van der Waals surface area contributed by atoms with Gasteiger partial charge in [0.05, 0.1) is 13.7 Å². The van der Waals surface area contributed by atoms with Crippen molar-refractivity contribution < 1.29 is 9.53 Å². The third-order valence-electron chi connectivity index (χ3n) is 4.65. The fourth-order valence-electron chi connectivity index (χ4n) is 3.17. The summed E-state index contributed by atoms with van der Waals surface area (Å²) in [5, 5.41) is 3.25. The molecule has 0 aliphatic carbocycles. The number of benzene rings is 1. The largest absolute Gasteiger partial charge is 0.496 e. The average Bonchev–Trinajstić information content (AvgIpc) is 2.72. The maximum atomic E-state index is 12.4. The number of hydrogen-bond acceptors (Lipinski definition) is 5. The summed E-state index contributed by atoms with van der Waals surface area (Å²) in [5.41, 5.74) is 1.15. The molecule has 0 unspecified atom stereocenters. The van der Waals surface area contributed by atoms with Crippen molar-refractivity contribution in [2.75, 3.05) is 51.3 Å². The summed E-state index contributed by atoms with van der Waals surface area (Å²) in [7, 11) is 1.68. The molecule has 6 heteroatoms. The van der Waals surface area contributed by atoms with E-state index in [9.17, 15) is 4.79 Å². The topological polar surface area (TPSA) is 57.7 Å². The Labute approximate surface area is 154 Å². The number of rotatable bonds is 7. The maximum absolute atomic E-state index is 12.4. The number of para-hydroxylation sites is 1. The first-order valence-corrected chi connectivity index (χ1v) is 9.04. The van der Waals surface area contributed by atoms with Crippen LogP contribution < -0.4 is 15.0 Å². The molecule has 138 valence electrons. The van der Waals surface area contributed by atoms with Crippen LogP contribution in [0.1, 0.15) is 5.56 Å². The number of nitrogens with zero attached hydrogens (tertiary/aromatic N) is 3. The number of anilines is 1. The molecular formula is C20H26N4O2. The van der Waals surface area contributed by atoms with Crippen molar-refractivity contribution in [3.63, 3.8) is 0 Å². The number of carbonyl (C=O) groups is 1. The van der Waals surface area contributed by atoms with E-state index in [-0.39, 0.29) is 5.91 Å².